The predicted octanol–water partition coefficient (Wildman–Crippen LogP) is 3.92. The Balaban J connectivity index is 1.62. The first kappa shape index (κ1) is 20.5. The molecule has 2 aliphatic rings. The van der Waals surface area contributed by atoms with Crippen LogP contribution < -0.4 is 5.32 Å². The van der Waals surface area contributed by atoms with Gasteiger partial charge in [-0.1, -0.05) is 36.4 Å². The molecule has 0 saturated carbocycles. The molecule has 6 nitrogen and oxygen atoms in total. The molecule has 2 atom stereocenters. The summed E-state index contributed by atoms with van der Waals surface area (Å²) in [5.41, 5.74) is 2.51. The van der Waals surface area contributed by atoms with Crippen molar-refractivity contribution in [3.63, 3.8) is 0 Å². The molecule has 0 spiro atoms. The van der Waals surface area contributed by atoms with Gasteiger partial charge in [0.15, 0.2) is 0 Å². The van der Waals surface area contributed by atoms with Gasteiger partial charge in [0.05, 0.1) is 22.7 Å². The number of rotatable bonds is 5. The molecular formula is C23H24N2O4S. The van der Waals surface area contributed by atoms with Gasteiger partial charge >= 0.3 is 5.97 Å². The van der Waals surface area contributed by atoms with Gasteiger partial charge in [0.1, 0.15) is 6.04 Å². The minimum Gasteiger partial charge on any atom is -0.462 e. The number of fused-ring (bicyclic) bond motifs is 1. The van der Waals surface area contributed by atoms with Crippen LogP contribution >= 0.6 is 11.8 Å². The van der Waals surface area contributed by atoms with Gasteiger partial charge < -0.3 is 15.0 Å². The Labute approximate surface area is 180 Å². The minimum atomic E-state index is -0.543. The standard InChI is InChI=1S/C23H24N2O4S/c1-3-29-22(28)17-13-16(15-7-5-4-6-8-15)9-10-18(17)24-21(27)19-14-30-23(2)12-11-20(26)25(19)23/h4-10,13,19H,3,11-12,14H2,1-2H3,(H,24,27). The maximum atomic E-state index is 13.1. The highest BCUT2D eigenvalue weighted by molar-refractivity contribution is 8.01. The number of anilines is 1. The number of thioether (sulfide) groups is 1. The predicted molar refractivity (Wildman–Crippen MR) is 117 cm³/mol. The van der Waals surface area contributed by atoms with Crippen LogP contribution in [0.3, 0.4) is 0 Å². The first-order valence-electron chi connectivity index (χ1n) is 10.1. The minimum absolute atomic E-state index is 0.00712. The summed E-state index contributed by atoms with van der Waals surface area (Å²) in [5, 5.41) is 2.87. The maximum Gasteiger partial charge on any atom is 0.340 e. The summed E-state index contributed by atoms with van der Waals surface area (Å²) in [6.45, 7) is 3.99. The Morgan fingerprint density at radius 2 is 1.97 bits per heavy atom. The Kier molecular flexibility index (Phi) is 5.56. The molecule has 0 aromatic heterocycles. The summed E-state index contributed by atoms with van der Waals surface area (Å²) in [7, 11) is 0. The van der Waals surface area contributed by atoms with E-state index in [1.165, 1.54) is 0 Å². The molecule has 30 heavy (non-hydrogen) atoms. The molecule has 7 heteroatoms. The Hall–Kier alpha value is -2.80. The van der Waals surface area contributed by atoms with Crippen molar-refractivity contribution in [3.05, 3.63) is 54.1 Å². The third-order valence-electron chi connectivity index (χ3n) is 5.63. The molecular weight excluding hydrogens is 400 g/mol. The van der Waals surface area contributed by atoms with E-state index in [-0.39, 0.29) is 23.3 Å². The normalized spacial score (nSPS) is 22.7. The van der Waals surface area contributed by atoms with Crippen LogP contribution in [-0.2, 0) is 14.3 Å². The summed E-state index contributed by atoms with van der Waals surface area (Å²) in [5.74, 6) is -0.217. The van der Waals surface area contributed by atoms with Crippen molar-refractivity contribution in [2.24, 2.45) is 0 Å². The van der Waals surface area contributed by atoms with E-state index in [1.807, 2.05) is 43.3 Å². The molecule has 2 saturated heterocycles. The van der Waals surface area contributed by atoms with E-state index in [4.69, 9.17) is 4.74 Å². The summed E-state index contributed by atoms with van der Waals surface area (Å²) < 4.78 is 5.21. The highest BCUT2D eigenvalue weighted by Gasteiger charge is 2.52. The third-order valence-corrected chi connectivity index (χ3v) is 7.13. The Bertz CT molecular complexity index is 994. The average molecular weight is 425 g/mol. The summed E-state index contributed by atoms with van der Waals surface area (Å²) in [4.78, 5) is 39.4. The molecule has 2 unspecified atom stereocenters. The zero-order chi connectivity index (χ0) is 21.3. The Morgan fingerprint density at radius 1 is 1.20 bits per heavy atom. The number of carbonyl (C=O) groups excluding carboxylic acids is 3. The van der Waals surface area contributed by atoms with Gasteiger partial charge in [0.25, 0.3) is 0 Å². The molecule has 2 amide bonds. The Morgan fingerprint density at radius 3 is 2.70 bits per heavy atom. The van der Waals surface area contributed by atoms with E-state index in [9.17, 15) is 14.4 Å². The van der Waals surface area contributed by atoms with E-state index in [1.54, 1.807) is 35.7 Å². The van der Waals surface area contributed by atoms with Crippen molar-refractivity contribution in [1.29, 1.82) is 0 Å². The fourth-order valence-corrected chi connectivity index (χ4v) is 5.50. The number of benzene rings is 2. The summed E-state index contributed by atoms with van der Waals surface area (Å²) >= 11 is 1.64. The highest BCUT2D eigenvalue weighted by Crippen LogP contribution is 2.47. The first-order valence-corrected chi connectivity index (χ1v) is 11.0. The lowest BCUT2D eigenvalue weighted by Gasteiger charge is -2.30. The third kappa shape index (κ3) is 3.69. The fraction of sp³-hybridized carbons (Fsp3) is 0.348. The van der Waals surface area contributed by atoms with Gasteiger partial charge in [-0.3, -0.25) is 9.59 Å². The lowest BCUT2D eigenvalue weighted by atomic mass is 10.0. The number of nitrogens with one attached hydrogen (secondary N) is 1. The molecule has 1 N–H and O–H groups in total. The fourth-order valence-electron chi connectivity index (χ4n) is 4.07. The van der Waals surface area contributed by atoms with Crippen molar-refractivity contribution >= 4 is 35.2 Å². The first-order chi connectivity index (χ1) is 14.4. The molecule has 2 heterocycles. The molecule has 0 radical (unpaired) electrons. The molecule has 2 aromatic rings. The zero-order valence-corrected chi connectivity index (χ0v) is 17.8. The van der Waals surface area contributed by atoms with Crippen LogP contribution in [0.1, 0.15) is 37.0 Å². The van der Waals surface area contributed by atoms with Gasteiger partial charge in [-0.2, -0.15) is 0 Å². The number of esters is 1. The molecule has 2 aliphatic heterocycles. The van der Waals surface area contributed by atoms with Gasteiger partial charge in [-0.05, 0) is 43.5 Å². The van der Waals surface area contributed by atoms with Crippen LogP contribution in [0.5, 0.6) is 0 Å². The smallest absolute Gasteiger partial charge is 0.340 e. The second-order valence-corrected chi connectivity index (χ2v) is 9.10. The molecule has 156 valence electrons. The SMILES string of the molecule is CCOC(=O)c1cc(-c2ccccc2)ccc1NC(=O)C1CSC2(C)CCC(=O)N12. The number of hydrogen-bond acceptors (Lipinski definition) is 5. The monoisotopic (exact) mass is 424 g/mol. The van der Waals surface area contributed by atoms with Crippen LogP contribution in [0.25, 0.3) is 11.1 Å². The second kappa shape index (κ2) is 8.14. The van der Waals surface area contributed by atoms with Crippen LogP contribution in [0, 0.1) is 0 Å². The van der Waals surface area contributed by atoms with E-state index in [2.05, 4.69) is 5.32 Å². The van der Waals surface area contributed by atoms with E-state index in [0.29, 0.717) is 23.4 Å². The summed E-state index contributed by atoms with van der Waals surface area (Å²) in [6, 6.07) is 14.5. The topological polar surface area (TPSA) is 75.7 Å². The highest BCUT2D eigenvalue weighted by atomic mass is 32.2. The van der Waals surface area contributed by atoms with E-state index >= 15 is 0 Å². The lowest BCUT2D eigenvalue weighted by Crippen LogP contribution is -2.48. The number of carbonyl (C=O) groups is 3. The van der Waals surface area contributed by atoms with Crippen molar-refractivity contribution in [1.82, 2.24) is 4.90 Å². The number of hydrogen-bond donors (Lipinski definition) is 1. The van der Waals surface area contributed by atoms with Crippen molar-refractivity contribution < 1.29 is 19.1 Å². The molecule has 2 aromatic carbocycles. The number of amides is 2. The largest absolute Gasteiger partial charge is 0.462 e. The number of ether oxygens (including phenoxy) is 1. The van der Waals surface area contributed by atoms with Gasteiger partial charge in [-0.15, -0.1) is 11.8 Å². The number of nitrogens with zero attached hydrogens (tertiary/aromatic N) is 1. The van der Waals surface area contributed by atoms with Gasteiger partial charge in [0.2, 0.25) is 11.8 Å². The quantitative estimate of drug-likeness (QED) is 0.737. The van der Waals surface area contributed by atoms with Crippen LogP contribution in [0.2, 0.25) is 0 Å². The average Bonchev–Trinajstić information content (AvgIpc) is 3.24. The maximum absolute atomic E-state index is 13.1. The molecule has 0 aliphatic carbocycles. The molecule has 4 rings (SSSR count). The molecule has 2 fully saturated rings. The lowest BCUT2D eigenvalue weighted by molar-refractivity contribution is -0.135. The van der Waals surface area contributed by atoms with Crippen molar-refractivity contribution in [2.45, 2.75) is 37.6 Å². The van der Waals surface area contributed by atoms with Crippen LogP contribution in [-0.4, -0.2) is 46.0 Å². The van der Waals surface area contributed by atoms with Gasteiger partial charge in [-0.25, -0.2) is 4.79 Å². The zero-order valence-electron chi connectivity index (χ0n) is 17.0. The summed E-state index contributed by atoms with van der Waals surface area (Å²) in [6.07, 6.45) is 1.22. The van der Waals surface area contributed by atoms with Crippen LogP contribution in [0.15, 0.2) is 48.5 Å². The van der Waals surface area contributed by atoms with Crippen LogP contribution in [0.4, 0.5) is 5.69 Å². The van der Waals surface area contributed by atoms with Crippen molar-refractivity contribution in [3.8, 4) is 11.1 Å². The van der Waals surface area contributed by atoms with Gasteiger partial charge in [0, 0.05) is 12.2 Å². The van der Waals surface area contributed by atoms with Crippen molar-refractivity contribution in [2.75, 3.05) is 17.7 Å². The second-order valence-electron chi connectivity index (χ2n) is 7.60. The van der Waals surface area contributed by atoms with E-state index < -0.39 is 12.0 Å². The van der Waals surface area contributed by atoms with E-state index in [0.717, 1.165) is 17.5 Å². The molecule has 0 bridgehead atoms.